The summed E-state index contributed by atoms with van der Waals surface area (Å²) in [6, 6.07) is 26.1. The van der Waals surface area contributed by atoms with Gasteiger partial charge < -0.3 is 4.90 Å². The monoisotopic (exact) mass is 391 g/mol. The molecule has 0 radical (unpaired) electrons. The first kappa shape index (κ1) is 20.0. The van der Waals surface area contributed by atoms with Crippen molar-refractivity contribution in [1.29, 1.82) is 0 Å². The summed E-state index contributed by atoms with van der Waals surface area (Å²) < 4.78 is 0. The molecular formula is C29H29N. The molecule has 0 heterocycles. The second-order valence-electron chi connectivity index (χ2n) is 8.34. The molecule has 0 atom stereocenters. The Bertz CT molecular complexity index is 1130. The van der Waals surface area contributed by atoms with E-state index in [1.807, 2.05) is 6.07 Å². The van der Waals surface area contributed by atoms with Crippen LogP contribution in [0.4, 0.5) is 5.69 Å². The van der Waals surface area contributed by atoms with Gasteiger partial charge in [-0.05, 0) is 58.5 Å². The Labute approximate surface area is 180 Å². The smallest absolute Gasteiger partial charge is 0.0407 e. The van der Waals surface area contributed by atoms with E-state index in [9.17, 15) is 0 Å². The van der Waals surface area contributed by atoms with Crippen molar-refractivity contribution in [2.75, 3.05) is 11.9 Å². The first-order chi connectivity index (χ1) is 14.5. The van der Waals surface area contributed by atoms with Gasteiger partial charge in [-0.25, -0.2) is 0 Å². The average molecular weight is 392 g/mol. The van der Waals surface area contributed by atoms with Gasteiger partial charge in [0.2, 0.25) is 0 Å². The fourth-order valence-corrected chi connectivity index (χ4v) is 4.33. The van der Waals surface area contributed by atoms with Gasteiger partial charge in [0.05, 0.1) is 0 Å². The highest BCUT2D eigenvalue weighted by Crippen LogP contribution is 2.49. The molecule has 0 bridgehead atoms. The lowest BCUT2D eigenvalue weighted by molar-refractivity contribution is 0.660. The molecule has 150 valence electrons. The third-order valence-electron chi connectivity index (χ3n) is 6.01. The molecule has 3 aromatic rings. The zero-order chi connectivity index (χ0) is 21.1. The van der Waals surface area contributed by atoms with Crippen molar-refractivity contribution in [3.63, 3.8) is 0 Å². The van der Waals surface area contributed by atoms with Gasteiger partial charge in [-0.1, -0.05) is 92.7 Å². The lowest BCUT2D eigenvalue weighted by Gasteiger charge is -2.23. The molecule has 0 saturated carbocycles. The van der Waals surface area contributed by atoms with Crippen LogP contribution < -0.4 is 4.90 Å². The summed E-state index contributed by atoms with van der Waals surface area (Å²) in [7, 11) is 2.11. The van der Waals surface area contributed by atoms with Gasteiger partial charge in [-0.3, -0.25) is 0 Å². The number of benzene rings is 3. The number of allylic oxidation sites excluding steroid dienone is 5. The summed E-state index contributed by atoms with van der Waals surface area (Å²) in [5, 5.41) is 0. The van der Waals surface area contributed by atoms with Crippen LogP contribution in [0.1, 0.15) is 37.5 Å². The van der Waals surface area contributed by atoms with Crippen molar-refractivity contribution in [1.82, 2.24) is 0 Å². The molecule has 0 N–H and O–H groups in total. The van der Waals surface area contributed by atoms with Crippen LogP contribution in [0.25, 0.3) is 16.7 Å². The Morgan fingerprint density at radius 1 is 0.833 bits per heavy atom. The zero-order valence-corrected chi connectivity index (χ0v) is 18.3. The van der Waals surface area contributed by atoms with E-state index in [1.165, 1.54) is 39.1 Å². The van der Waals surface area contributed by atoms with Crippen LogP contribution in [0.3, 0.4) is 0 Å². The molecule has 1 heteroatoms. The fourth-order valence-electron chi connectivity index (χ4n) is 4.33. The van der Waals surface area contributed by atoms with E-state index in [0.717, 1.165) is 0 Å². The molecule has 0 spiro atoms. The van der Waals surface area contributed by atoms with Gasteiger partial charge >= 0.3 is 0 Å². The number of hydrogen-bond acceptors (Lipinski definition) is 1. The Kier molecular flexibility index (Phi) is 5.46. The highest BCUT2D eigenvalue weighted by Gasteiger charge is 2.35. The topological polar surface area (TPSA) is 3.24 Å². The van der Waals surface area contributed by atoms with Crippen LogP contribution in [-0.2, 0) is 5.41 Å². The molecule has 4 rings (SSSR count). The molecule has 0 saturated heterocycles. The summed E-state index contributed by atoms with van der Waals surface area (Å²) in [5.74, 6) is 0. The number of anilines is 1. The van der Waals surface area contributed by atoms with Gasteiger partial charge in [0.25, 0.3) is 0 Å². The molecule has 0 aliphatic heterocycles. The quantitative estimate of drug-likeness (QED) is 0.405. The first-order valence-electron chi connectivity index (χ1n) is 10.6. The molecule has 1 aliphatic carbocycles. The lowest BCUT2D eigenvalue weighted by atomic mass is 9.82. The average Bonchev–Trinajstić information content (AvgIpc) is 3.00. The molecule has 1 aliphatic rings. The molecule has 0 unspecified atom stereocenters. The Morgan fingerprint density at radius 2 is 1.53 bits per heavy atom. The highest BCUT2D eigenvalue weighted by atomic mass is 15.1. The Balaban J connectivity index is 1.61. The van der Waals surface area contributed by atoms with Crippen LogP contribution >= 0.6 is 0 Å². The molecule has 30 heavy (non-hydrogen) atoms. The lowest BCUT2D eigenvalue weighted by Crippen LogP contribution is -2.16. The van der Waals surface area contributed by atoms with Crippen molar-refractivity contribution in [3.05, 3.63) is 120 Å². The summed E-state index contributed by atoms with van der Waals surface area (Å²) in [5.41, 5.74) is 9.19. The minimum atomic E-state index is 0.0266. The number of fused-ring (bicyclic) bond motifs is 3. The number of rotatable bonds is 5. The minimum Gasteiger partial charge on any atom is -0.351 e. The Morgan fingerprint density at radius 3 is 2.30 bits per heavy atom. The number of nitrogens with zero attached hydrogens (tertiary/aromatic N) is 1. The standard InChI is InChI=1S/C29H29N/c1-5-12-22(23-13-7-6-8-14-23)15-11-20-30(4)24-18-19-26-25-16-9-10-17-27(25)29(2,3)28(26)21-24/h5-21H,1-4H3/b12-5-,20-11+,22-15+. The molecule has 1 nitrogen and oxygen atoms in total. The fraction of sp³-hybridized carbons (Fsp3) is 0.172. The van der Waals surface area contributed by atoms with E-state index in [1.54, 1.807) is 0 Å². The van der Waals surface area contributed by atoms with E-state index in [-0.39, 0.29) is 5.41 Å². The maximum atomic E-state index is 2.34. The van der Waals surface area contributed by atoms with Crippen molar-refractivity contribution in [2.24, 2.45) is 0 Å². The van der Waals surface area contributed by atoms with Crippen molar-refractivity contribution >= 4 is 11.3 Å². The van der Waals surface area contributed by atoms with E-state index < -0.39 is 0 Å². The van der Waals surface area contributed by atoms with E-state index >= 15 is 0 Å². The van der Waals surface area contributed by atoms with Gasteiger partial charge in [-0.15, -0.1) is 0 Å². The van der Waals surface area contributed by atoms with Gasteiger partial charge in [-0.2, -0.15) is 0 Å². The van der Waals surface area contributed by atoms with Crippen LogP contribution in [0.15, 0.2) is 103 Å². The van der Waals surface area contributed by atoms with E-state index in [0.29, 0.717) is 0 Å². The predicted molar refractivity (Wildman–Crippen MR) is 131 cm³/mol. The molecule has 0 aromatic heterocycles. The largest absolute Gasteiger partial charge is 0.351 e. The highest BCUT2D eigenvalue weighted by molar-refractivity contribution is 5.82. The van der Waals surface area contributed by atoms with Crippen LogP contribution in [0.5, 0.6) is 0 Å². The minimum absolute atomic E-state index is 0.0266. The van der Waals surface area contributed by atoms with Gasteiger partial charge in [0, 0.05) is 24.4 Å². The van der Waals surface area contributed by atoms with Crippen LogP contribution in [-0.4, -0.2) is 7.05 Å². The normalized spacial score (nSPS) is 14.9. The van der Waals surface area contributed by atoms with Gasteiger partial charge in [0.15, 0.2) is 0 Å². The third kappa shape index (κ3) is 3.64. The molecular weight excluding hydrogens is 362 g/mol. The molecule has 0 fully saturated rings. The van der Waals surface area contributed by atoms with Crippen molar-refractivity contribution in [3.8, 4) is 11.1 Å². The second kappa shape index (κ2) is 8.20. The summed E-state index contributed by atoms with van der Waals surface area (Å²) in [4.78, 5) is 2.19. The summed E-state index contributed by atoms with van der Waals surface area (Å²) in [6.45, 7) is 6.70. The van der Waals surface area contributed by atoms with E-state index in [4.69, 9.17) is 0 Å². The SMILES string of the molecule is C\C=C/C(=C\C=C\N(C)c1ccc2c(c1)C(C)(C)c1ccccc1-2)c1ccccc1. The first-order valence-corrected chi connectivity index (χ1v) is 10.6. The van der Waals surface area contributed by atoms with Crippen LogP contribution in [0, 0.1) is 0 Å². The predicted octanol–water partition coefficient (Wildman–Crippen LogP) is 7.60. The maximum absolute atomic E-state index is 2.34. The second-order valence-corrected chi connectivity index (χ2v) is 8.34. The summed E-state index contributed by atoms with van der Waals surface area (Å²) >= 11 is 0. The number of hydrogen-bond donors (Lipinski definition) is 0. The van der Waals surface area contributed by atoms with Crippen molar-refractivity contribution in [2.45, 2.75) is 26.2 Å². The zero-order valence-electron chi connectivity index (χ0n) is 18.3. The maximum Gasteiger partial charge on any atom is 0.0407 e. The van der Waals surface area contributed by atoms with Gasteiger partial charge in [0.1, 0.15) is 0 Å². The Hall–Kier alpha value is -3.32. The summed E-state index contributed by atoms with van der Waals surface area (Å²) in [6.07, 6.45) is 10.6. The third-order valence-corrected chi connectivity index (χ3v) is 6.01. The van der Waals surface area contributed by atoms with E-state index in [2.05, 4.69) is 130 Å². The van der Waals surface area contributed by atoms with Crippen LogP contribution in [0.2, 0.25) is 0 Å². The molecule has 0 amide bonds. The van der Waals surface area contributed by atoms with Crippen molar-refractivity contribution < 1.29 is 0 Å². The molecule has 3 aromatic carbocycles.